The first-order chi connectivity index (χ1) is 18.6. The van der Waals surface area contributed by atoms with E-state index in [9.17, 15) is 9.59 Å². The Kier molecular flexibility index (Phi) is 10.8. The fraction of sp³-hybridized carbons (Fsp3) is 0.212. The fourth-order valence-electron chi connectivity index (χ4n) is 4.49. The van der Waals surface area contributed by atoms with E-state index in [2.05, 4.69) is 121 Å². The van der Waals surface area contributed by atoms with Crippen molar-refractivity contribution in [2.45, 2.75) is 19.8 Å². The molecule has 1 amide bonds. The van der Waals surface area contributed by atoms with E-state index in [0.29, 0.717) is 19.5 Å². The summed E-state index contributed by atoms with van der Waals surface area (Å²) in [5, 5.41) is 5.28. The molecule has 5 heteroatoms. The average Bonchev–Trinajstić information content (AvgIpc) is 2.97. The number of amides is 1. The molecule has 4 aromatic rings. The Morgan fingerprint density at radius 3 is 1.13 bits per heavy atom. The third kappa shape index (κ3) is 8.19. The maximum absolute atomic E-state index is 13.4. The molecule has 3 nitrogen and oxygen atoms in total. The molecular formula is C33H35NO2P2. The highest BCUT2D eigenvalue weighted by Gasteiger charge is 2.21. The summed E-state index contributed by atoms with van der Waals surface area (Å²) in [5.41, 5.74) is 0. The Morgan fingerprint density at radius 1 is 0.526 bits per heavy atom. The van der Waals surface area contributed by atoms with Crippen LogP contribution in [0.5, 0.6) is 0 Å². The molecule has 0 aliphatic rings. The smallest absolute Gasteiger partial charge is 0.223 e. The van der Waals surface area contributed by atoms with Gasteiger partial charge in [0.2, 0.25) is 5.91 Å². The van der Waals surface area contributed by atoms with E-state index >= 15 is 0 Å². The van der Waals surface area contributed by atoms with Gasteiger partial charge in [-0.1, -0.05) is 121 Å². The summed E-state index contributed by atoms with van der Waals surface area (Å²) in [5.74, 6) is 0.136. The number of rotatable bonds is 13. The quantitative estimate of drug-likeness (QED) is 0.212. The Balaban J connectivity index is 1.55. The van der Waals surface area contributed by atoms with Crippen LogP contribution in [0, 0.1) is 0 Å². The Labute approximate surface area is 229 Å². The first-order valence-electron chi connectivity index (χ1n) is 13.1. The van der Waals surface area contributed by atoms with Gasteiger partial charge in [0, 0.05) is 25.9 Å². The van der Waals surface area contributed by atoms with Crippen LogP contribution in [-0.4, -0.2) is 42.0 Å². The number of carbonyl (C=O) groups excluding carboxylic acids is 2. The van der Waals surface area contributed by atoms with Crippen molar-refractivity contribution < 1.29 is 9.59 Å². The van der Waals surface area contributed by atoms with Gasteiger partial charge >= 0.3 is 0 Å². The molecule has 0 unspecified atom stereocenters. The molecule has 0 aliphatic heterocycles. The van der Waals surface area contributed by atoms with Crippen molar-refractivity contribution in [1.82, 2.24) is 4.90 Å². The summed E-state index contributed by atoms with van der Waals surface area (Å²) in [7, 11) is -1.20. The molecule has 0 saturated carbocycles. The normalized spacial score (nSPS) is 11.0. The van der Waals surface area contributed by atoms with Crippen LogP contribution in [0.25, 0.3) is 0 Å². The van der Waals surface area contributed by atoms with Gasteiger partial charge in [-0.25, -0.2) is 0 Å². The average molecular weight is 540 g/mol. The van der Waals surface area contributed by atoms with E-state index in [0.717, 1.165) is 12.3 Å². The van der Waals surface area contributed by atoms with Crippen molar-refractivity contribution in [3.05, 3.63) is 121 Å². The second kappa shape index (κ2) is 14.7. The summed E-state index contributed by atoms with van der Waals surface area (Å²) in [6.07, 6.45) is 2.36. The molecule has 4 rings (SSSR count). The van der Waals surface area contributed by atoms with E-state index in [1.165, 1.54) is 21.2 Å². The van der Waals surface area contributed by atoms with E-state index in [-0.39, 0.29) is 18.1 Å². The highest BCUT2D eigenvalue weighted by Crippen LogP contribution is 2.35. The van der Waals surface area contributed by atoms with Crippen LogP contribution in [0.2, 0.25) is 0 Å². The molecule has 0 heterocycles. The lowest BCUT2D eigenvalue weighted by Crippen LogP contribution is -2.37. The molecule has 0 radical (unpaired) electrons. The zero-order valence-corrected chi connectivity index (χ0v) is 23.7. The Hall–Kier alpha value is -3.12. The SMILES string of the molecule is CC(=O)CCC(=O)N(CCP(c1ccccc1)c1ccccc1)CCP(c1ccccc1)c1ccccc1. The van der Waals surface area contributed by atoms with Gasteiger partial charge in [0.05, 0.1) is 0 Å². The monoisotopic (exact) mass is 539 g/mol. The van der Waals surface area contributed by atoms with Gasteiger partial charge < -0.3 is 9.69 Å². The number of Topliss-reactive ketones (excluding diaryl/α,β-unsaturated/α-hetero) is 1. The maximum atomic E-state index is 13.4. The second-order valence-electron chi connectivity index (χ2n) is 9.23. The van der Waals surface area contributed by atoms with Gasteiger partial charge in [-0.05, 0) is 56.3 Å². The standard InChI is InChI=1S/C33H35NO2P2/c1-28(35)22-23-33(36)34(24-26-37(29-14-6-2-7-15-29)30-16-8-3-9-17-30)25-27-38(31-18-10-4-11-19-31)32-20-12-5-13-21-32/h2-21H,22-27H2,1H3. The minimum absolute atomic E-state index is 0.0601. The summed E-state index contributed by atoms with van der Waals surface area (Å²) in [6, 6.07) is 42.5. The first-order valence-corrected chi connectivity index (χ1v) is 16.2. The maximum Gasteiger partial charge on any atom is 0.223 e. The molecule has 0 aromatic heterocycles. The predicted octanol–water partition coefficient (Wildman–Crippen LogP) is 5.45. The van der Waals surface area contributed by atoms with Crippen molar-refractivity contribution in [2.75, 3.05) is 25.4 Å². The van der Waals surface area contributed by atoms with E-state index in [1.807, 2.05) is 4.90 Å². The van der Waals surface area contributed by atoms with Crippen molar-refractivity contribution in [2.24, 2.45) is 0 Å². The molecule has 0 atom stereocenters. The molecule has 4 aromatic carbocycles. The molecule has 38 heavy (non-hydrogen) atoms. The lowest BCUT2D eigenvalue weighted by Gasteiger charge is -2.28. The molecule has 0 bridgehead atoms. The van der Waals surface area contributed by atoms with Gasteiger partial charge in [0.25, 0.3) is 0 Å². The topological polar surface area (TPSA) is 37.4 Å². The first kappa shape index (κ1) is 27.9. The predicted molar refractivity (Wildman–Crippen MR) is 164 cm³/mol. The number of hydrogen-bond donors (Lipinski definition) is 0. The van der Waals surface area contributed by atoms with Crippen molar-refractivity contribution >= 4 is 48.8 Å². The molecule has 0 N–H and O–H groups in total. The van der Waals surface area contributed by atoms with Crippen molar-refractivity contribution in [3.8, 4) is 0 Å². The van der Waals surface area contributed by atoms with E-state index < -0.39 is 15.8 Å². The highest BCUT2D eigenvalue weighted by molar-refractivity contribution is 7.73. The zero-order chi connectivity index (χ0) is 26.6. The lowest BCUT2D eigenvalue weighted by molar-refractivity contribution is -0.132. The largest absolute Gasteiger partial charge is 0.342 e. The number of ketones is 1. The van der Waals surface area contributed by atoms with Crippen LogP contribution < -0.4 is 21.2 Å². The minimum Gasteiger partial charge on any atom is -0.342 e. The molecule has 0 aliphatic carbocycles. The van der Waals surface area contributed by atoms with Crippen LogP contribution in [0.4, 0.5) is 0 Å². The van der Waals surface area contributed by atoms with E-state index in [1.54, 1.807) is 6.92 Å². The number of hydrogen-bond acceptors (Lipinski definition) is 2. The highest BCUT2D eigenvalue weighted by atomic mass is 31.1. The van der Waals surface area contributed by atoms with Gasteiger partial charge in [-0.3, -0.25) is 4.79 Å². The van der Waals surface area contributed by atoms with Gasteiger partial charge in [0.1, 0.15) is 5.78 Å². The molecule has 194 valence electrons. The van der Waals surface area contributed by atoms with Crippen LogP contribution in [0.1, 0.15) is 19.8 Å². The van der Waals surface area contributed by atoms with Crippen molar-refractivity contribution in [1.29, 1.82) is 0 Å². The summed E-state index contributed by atoms with van der Waals surface area (Å²) >= 11 is 0. The minimum atomic E-state index is -0.599. The summed E-state index contributed by atoms with van der Waals surface area (Å²) in [6.45, 7) is 2.92. The van der Waals surface area contributed by atoms with Crippen LogP contribution in [0.3, 0.4) is 0 Å². The van der Waals surface area contributed by atoms with Crippen LogP contribution in [-0.2, 0) is 9.59 Å². The zero-order valence-electron chi connectivity index (χ0n) is 21.9. The molecule has 0 fully saturated rings. The lowest BCUT2D eigenvalue weighted by atomic mass is 10.2. The fourth-order valence-corrected chi connectivity index (χ4v) is 9.13. The van der Waals surface area contributed by atoms with Gasteiger partial charge in [-0.15, -0.1) is 0 Å². The van der Waals surface area contributed by atoms with E-state index in [4.69, 9.17) is 0 Å². The van der Waals surface area contributed by atoms with Gasteiger partial charge in [-0.2, -0.15) is 0 Å². The molecule has 0 spiro atoms. The molecule has 0 saturated heterocycles. The van der Waals surface area contributed by atoms with Crippen LogP contribution in [0.15, 0.2) is 121 Å². The number of carbonyl (C=O) groups is 2. The van der Waals surface area contributed by atoms with Crippen LogP contribution >= 0.6 is 15.8 Å². The molecular weight excluding hydrogens is 504 g/mol. The third-order valence-electron chi connectivity index (χ3n) is 6.50. The third-order valence-corrected chi connectivity index (χ3v) is 11.5. The van der Waals surface area contributed by atoms with Gasteiger partial charge in [0.15, 0.2) is 0 Å². The Bertz CT molecular complexity index is 1100. The number of nitrogens with zero attached hydrogens (tertiary/aromatic N) is 1. The number of benzene rings is 4. The summed E-state index contributed by atoms with van der Waals surface area (Å²) in [4.78, 5) is 27.1. The van der Waals surface area contributed by atoms with Crippen molar-refractivity contribution in [3.63, 3.8) is 0 Å². The second-order valence-corrected chi connectivity index (χ2v) is 13.9. The Morgan fingerprint density at radius 2 is 0.842 bits per heavy atom. The summed E-state index contributed by atoms with van der Waals surface area (Å²) < 4.78 is 0.